The molecule has 3 N–H and O–H groups in total. The number of hydrogen-bond acceptors (Lipinski definition) is 8. The quantitative estimate of drug-likeness (QED) is 0.367. The van der Waals surface area contributed by atoms with Gasteiger partial charge in [-0.25, -0.2) is 14.8 Å². The van der Waals surface area contributed by atoms with Crippen molar-refractivity contribution in [1.29, 1.82) is 0 Å². The van der Waals surface area contributed by atoms with Gasteiger partial charge in [-0.05, 0) is 19.1 Å². The van der Waals surface area contributed by atoms with Crippen molar-refractivity contribution < 1.29 is 32.3 Å². The number of Topliss-reactive ketones (excluding diaryl/α,β-unsaturated/α-hetero) is 1. The largest absolute Gasteiger partial charge is 0.434 e. The maximum Gasteiger partial charge on any atom is 0.434 e. The number of carbonyl (C=O) groups excluding carboxylic acids is 3. The summed E-state index contributed by atoms with van der Waals surface area (Å²) in [6.07, 6.45) is -0.574. The van der Waals surface area contributed by atoms with Crippen molar-refractivity contribution in [2.45, 2.75) is 13.1 Å². The second-order valence-electron chi connectivity index (χ2n) is 7.23. The average molecular weight is 523 g/mol. The van der Waals surface area contributed by atoms with Gasteiger partial charge in [0.25, 0.3) is 0 Å². The molecular weight excluding hydrogens is 501 g/mol. The molecule has 10 nitrogen and oxygen atoms in total. The number of nitrogens with one attached hydrogen (secondary N) is 3. The second-order valence-corrected chi connectivity index (χ2v) is 8.09. The summed E-state index contributed by atoms with van der Waals surface area (Å²) in [5.41, 5.74) is 0.0650. The molecule has 14 heteroatoms. The minimum absolute atomic E-state index is 0.0298. The number of ether oxygens (including phenoxy) is 1. The molecule has 0 spiro atoms. The Morgan fingerprint density at radius 2 is 1.86 bits per heavy atom. The third-order valence-corrected chi connectivity index (χ3v) is 5.48. The minimum atomic E-state index is -4.63. The third kappa shape index (κ3) is 6.82. The van der Waals surface area contributed by atoms with Crippen LogP contribution in [0.5, 0.6) is 0 Å². The molecule has 0 aromatic carbocycles. The number of nitrogens with zero attached hydrogens (tertiary/aromatic N) is 3. The minimum Gasteiger partial charge on any atom is -0.375 e. The number of urea groups is 1. The third-order valence-electron chi connectivity index (χ3n) is 4.60. The molecular formula is C22H21F3N6O4S. The summed E-state index contributed by atoms with van der Waals surface area (Å²) < 4.78 is 44.2. The first-order chi connectivity index (χ1) is 17.1. The lowest BCUT2D eigenvalue weighted by atomic mass is 10.0. The molecule has 0 aliphatic rings. The molecule has 0 bridgehead atoms. The van der Waals surface area contributed by atoms with Crippen molar-refractivity contribution in [3.05, 3.63) is 47.4 Å². The van der Waals surface area contributed by atoms with E-state index in [9.17, 15) is 27.6 Å². The molecule has 0 aliphatic heterocycles. The predicted octanol–water partition coefficient (Wildman–Crippen LogP) is 3.37. The van der Waals surface area contributed by atoms with Crippen molar-refractivity contribution in [1.82, 2.24) is 25.6 Å². The van der Waals surface area contributed by atoms with Gasteiger partial charge in [-0.1, -0.05) is 0 Å². The van der Waals surface area contributed by atoms with Crippen LogP contribution in [0.3, 0.4) is 0 Å². The van der Waals surface area contributed by atoms with Crippen molar-refractivity contribution in [2.75, 3.05) is 32.1 Å². The molecule has 3 aromatic heterocycles. The molecule has 0 aliphatic carbocycles. The van der Waals surface area contributed by atoms with Crippen LogP contribution in [-0.2, 0) is 15.7 Å². The summed E-state index contributed by atoms with van der Waals surface area (Å²) in [7, 11) is 1.34. The highest BCUT2D eigenvalue weighted by Crippen LogP contribution is 2.38. The zero-order chi connectivity index (χ0) is 26.3. The number of thiazole rings is 1. The van der Waals surface area contributed by atoms with Crippen molar-refractivity contribution >= 4 is 34.9 Å². The van der Waals surface area contributed by atoms with E-state index >= 15 is 0 Å². The maximum atomic E-state index is 13.2. The van der Waals surface area contributed by atoms with E-state index in [4.69, 9.17) is 4.74 Å². The fraction of sp³-hybridized carbons (Fsp3) is 0.273. The number of ketones is 1. The Labute approximate surface area is 207 Å². The maximum absolute atomic E-state index is 13.2. The van der Waals surface area contributed by atoms with E-state index in [0.717, 1.165) is 16.7 Å². The molecule has 0 saturated heterocycles. The number of amides is 3. The van der Waals surface area contributed by atoms with Crippen LogP contribution in [0.2, 0.25) is 0 Å². The standard InChI is InChI=1S/C22H21F3N6O4S/c1-3-27-21(34)31-18-5-14(20-30-17(11-36-20)22(23,24)25)15(8-28-18)12-4-13(7-26-6-12)16(32)9-29-19(33)10-35-2/h4-8,11H,3,9-10H2,1-2H3,(H,29,33)(H2,27,28,31,34). The molecule has 0 atom stereocenters. The fourth-order valence-corrected chi connectivity index (χ4v) is 3.84. The Kier molecular flexibility index (Phi) is 8.66. The number of carbonyl (C=O) groups is 3. The summed E-state index contributed by atoms with van der Waals surface area (Å²) in [6, 6.07) is 2.33. The van der Waals surface area contributed by atoms with Crippen LogP contribution in [0.1, 0.15) is 23.0 Å². The molecule has 0 unspecified atom stereocenters. The van der Waals surface area contributed by atoms with E-state index < -0.39 is 29.6 Å². The van der Waals surface area contributed by atoms with Gasteiger partial charge in [0.15, 0.2) is 11.5 Å². The molecule has 190 valence electrons. The first-order valence-corrected chi connectivity index (χ1v) is 11.3. The number of anilines is 1. The molecule has 3 aromatic rings. The monoisotopic (exact) mass is 522 g/mol. The number of pyridine rings is 2. The Morgan fingerprint density at radius 1 is 1.08 bits per heavy atom. The lowest BCUT2D eigenvalue weighted by Crippen LogP contribution is -2.32. The topological polar surface area (TPSA) is 135 Å². The van der Waals surface area contributed by atoms with E-state index in [2.05, 4.69) is 30.9 Å². The van der Waals surface area contributed by atoms with Gasteiger partial charge in [-0.2, -0.15) is 13.2 Å². The highest BCUT2D eigenvalue weighted by molar-refractivity contribution is 7.13. The van der Waals surface area contributed by atoms with Crippen LogP contribution in [-0.4, -0.2) is 59.5 Å². The van der Waals surface area contributed by atoms with Gasteiger partial charge in [0.2, 0.25) is 5.91 Å². The second kappa shape index (κ2) is 11.7. The number of hydrogen-bond donors (Lipinski definition) is 3. The van der Waals surface area contributed by atoms with Gasteiger partial charge < -0.3 is 15.4 Å². The Bertz CT molecular complexity index is 1260. The Balaban J connectivity index is 1.99. The van der Waals surface area contributed by atoms with Crippen molar-refractivity contribution in [3.8, 4) is 21.7 Å². The SMILES string of the molecule is CCNC(=O)Nc1cc(-c2nc(C(F)(F)F)cs2)c(-c2cncc(C(=O)CNC(=O)COC)c2)cn1. The van der Waals surface area contributed by atoms with Gasteiger partial charge in [0.1, 0.15) is 17.4 Å². The van der Waals surface area contributed by atoms with Gasteiger partial charge in [0, 0.05) is 59.9 Å². The zero-order valence-corrected chi connectivity index (χ0v) is 19.9. The summed E-state index contributed by atoms with van der Waals surface area (Å²) in [5.74, 6) is -0.822. The summed E-state index contributed by atoms with van der Waals surface area (Å²) in [6.45, 7) is 1.58. The molecule has 3 rings (SSSR count). The molecule has 0 fully saturated rings. The number of methoxy groups -OCH3 is 1. The molecule has 3 heterocycles. The first kappa shape index (κ1) is 26.7. The van der Waals surface area contributed by atoms with Crippen LogP contribution in [0.15, 0.2) is 36.1 Å². The van der Waals surface area contributed by atoms with E-state index in [1.54, 1.807) is 6.92 Å². The molecule has 36 heavy (non-hydrogen) atoms. The molecule has 0 saturated carbocycles. The van der Waals surface area contributed by atoms with Gasteiger partial charge in [-0.3, -0.25) is 19.9 Å². The van der Waals surface area contributed by atoms with Crippen LogP contribution in [0.25, 0.3) is 21.7 Å². The average Bonchev–Trinajstić information content (AvgIpc) is 3.34. The van der Waals surface area contributed by atoms with E-state index in [0.29, 0.717) is 17.7 Å². The Hall–Kier alpha value is -3.91. The van der Waals surface area contributed by atoms with Gasteiger partial charge in [0.05, 0.1) is 6.54 Å². The van der Waals surface area contributed by atoms with Crippen LogP contribution in [0.4, 0.5) is 23.8 Å². The Morgan fingerprint density at radius 3 is 2.53 bits per heavy atom. The van der Waals surface area contributed by atoms with Crippen molar-refractivity contribution in [3.63, 3.8) is 0 Å². The highest BCUT2D eigenvalue weighted by Gasteiger charge is 2.34. The van der Waals surface area contributed by atoms with Crippen LogP contribution in [0, 0.1) is 0 Å². The van der Waals surface area contributed by atoms with E-state index in [1.165, 1.54) is 37.8 Å². The fourth-order valence-electron chi connectivity index (χ4n) is 2.98. The van der Waals surface area contributed by atoms with Gasteiger partial charge >= 0.3 is 12.2 Å². The predicted molar refractivity (Wildman–Crippen MR) is 125 cm³/mol. The summed E-state index contributed by atoms with van der Waals surface area (Å²) in [5, 5.41) is 8.38. The zero-order valence-electron chi connectivity index (χ0n) is 19.1. The lowest BCUT2D eigenvalue weighted by molar-refractivity contribution is -0.140. The van der Waals surface area contributed by atoms with E-state index in [1.807, 2.05) is 0 Å². The summed E-state index contributed by atoms with van der Waals surface area (Å²) >= 11 is 0.769. The van der Waals surface area contributed by atoms with Crippen molar-refractivity contribution in [2.24, 2.45) is 0 Å². The number of alkyl halides is 3. The number of rotatable bonds is 9. The lowest BCUT2D eigenvalue weighted by Gasteiger charge is -2.12. The highest BCUT2D eigenvalue weighted by atomic mass is 32.1. The molecule has 0 radical (unpaired) electrons. The summed E-state index contributed by atoms with van der Waals surface area (Å²) in [4.78, 5) is 48.0. The van der Waals surface area contributed by atoms with Crippen LogP contribution >= 0.6 is 11.3 Å². The normalized spacial score (nSPS) is 11.1. The smallest absolute Gasteiger partial charge is 0.375 e. The van der Waals surface area contributed by atoms with Gasteiger partial charge in [-0.15, -0.1) is 11.3 Å². The number of halogens is 3. The van der Waals surface area contributed by atoms with Crippen LogP contribution < -0.4 is 16.0 Å². The first-order valence-electron chi connectivity index (χ1n) is 10.4. The van der Waals surface area contributed by atoms with E-state index in [-0.39, 0.29) is 35.1 Å². The molecule has 3 amide bonds. The number of aromatic nitrogens is 3.